The summed E-state index contributed by atoms with van der Waals surface area (Å²) in [5, 5.41) is 12.7. The van der Waals surface area contributed by atoms with E-state index >= 15 is 0 Å². The van der Waals surface area contributed by atoms with Gasteiger partial charge in [-0.3, -0.25) is 4.79 Å². The van der Waals surface area contributed by atoms with Crippen molar-refractivity contribution in [2.75, 3.05) is 33.5 Å². The normalized spacial score (nSPS) is 13.7. The van der Waals surface area contributed by atoms with Gasteiger partial charge in [0, 0.05) is 12.1 Å². The van der Waals surface area contributed by atoms with E-state index in [-0.39, 0.29) is 19.1 Å². The first kappa shape index (κ1) is 19.0. The fourth-order valence-corrected chi connectivity index (χ4v) is 2.59. The van der Waals surface area contributed by atoms with Crippen molar-refractivity contribution in [1.29, 1.82) is 0 Å². The molecule has 0 fully saturated rings. The van der Waals surface area contributed by atoms with E-state index in [0.717, 1.165) is 11.3 Å². The first-order chi connectivity index (χ1) is 13.2. The lowest BCUT2D eigenvalue weighted by molar-refractivity contribution is 0.0285. The fourth-order valence-electron chi connectivity index (χ4n) is 2.59. The van der Waals surface area contributed by atoms with Gasteiger partial charge < -0.3 is 29.4 Å². The van der Waals surface area contributed by atoms with E-state index in [2.05, 4.69) is 5.32 Å². The second kappa shape index (κ2) is 9.25. The third-order valence-electron chi connectivity index (χ3n) is 4.04. The zero-order chi connectivity index (χ0) is 19.1. The van der Waals surface area contributed by atoms with Gasteiger partial charge in [-0.05, 0) is 35.9 Å². The Hall–Kier alpha value is -2.77. The molecular formula is C20H23NO6. The molecule has 0 bridgehead atoms. The maximum Gasteiger partial charge on any atom is 0.251 e. The van der Waals surface area contributed by atoms with Crippen molar-refractivity contribution >= 4 is 5.91 Å². The van der Waals surface area contributed by atoms with Crippen molar-refractivity contribution < 1.29 is 28.8 Å². The molecule has 0 saturated heterocycles. The van der Waals surface area contributed by atoms with E-state index in [1.54, 1.807) is 25.3 Å². The van der Waals surface area contributed by atoms with Crippen LogP contribution < -0.4 is 19.5 Å². The molecule has 2 aromatic rings. The van der Waals surface area contributed by atoms with Gasteiger partial charge in [-0.15, -0.1) is 0 Å². The molecule has 0 aromatic heterocycles. The highest BCUT2D eigenvalue weighted by Gasteiger charge is 2.15. The van der Waals surface area contributed by atoms with Gasteiger partial charge in [0.05, 0.1) is 26.4 Å². The molecule has 0 radical (unpaired) electrons. The molecule has 0 unspecified atom stereocenters. The summed E-state index contributed by atoms with van der Waals surface area (Å²) in [5.41, 5.74) is 1.42. The third-order valence-corrected chi connectivity index (χ3v) is 4.04. The Morgan fingerprint density at radius 2 is 1.89 bits per heavy atom. The van der Waals surface area contributed by atoms with Crippen LogP contribution in [-0.2, 0) is 11.3 Å². The molecule has 0 saturated carbocycles. The monoisotopic (exact) mass is 373 g/mol. The minimum atomic E-state index is -0.801. The second-order valence-electron chi connectivity index (χ2n) is 6.09. The van der Waals surface area contributed by atoms with Crippen LogP contribution in [0, 0.1) is 0 Å². The average Bonchev–Trinajstić information content (AvgIpc) is 2.72. The molecule has 7 heteroatoms. The first-order valence-corrected chi connectivity index (χ1v) is 8.72. The molecule has 0 aliphatic carbocycles. The lowest BCUT2D eigenvalue weighted by atomic mass is 10.1. The van der Waals surface area contributed by atoms with Crippen LogP contribution >= 0.6 is 0 Å². The minimum absolute atomic E-state index is 0.0931. The Bertz CT molecular complexity index is 762. The van der Waals surface area contributed by atoms with Crippen LogP contribution in [0.4, 0.5) is 0 Å². The number of rotatable bonds is 8. The van der Waals surface area contributed by atoms with Crippen molar-refractivity contribution in [3.8, 4) is 17.2 Å². The average molecular weight is 373 g/mol. The summed E-state index contributed by atoms with van der Waals surface area (Å²) >= 11 is 0. The molecule has 0 spiro atoms. The number of hydrogen-bond acceptors (Lipinski definition) is 6. The van der Waals surface area contributed by atoms with Gasteiger partial charge in [0.25, 0.3) is 5.91 Å². The Balaban J connectivity index is 1.40. The zero-order valence-electron chi connectivity index (χ0n) is 15.1. The highest BCUT2D eigenvalue weighted by Crippen LogP contribution is 2.30. The van der Waals surface area contributed by atoms with Gasteiger partial charge in [0.2, 0.25) is 0 Å². The van der Waals surface area contributed by atoms with Crippen molar-refractivity contribution in [2.24, 2.45) is 0 Å². The maximum atomic E-state index is 12.2. The van der Waals surface area contributed by atoms with E-state index in [0.29, 0.717) is 36.9 Å². The molecule has 3 rings (SSSR count). The molecule has 1 heterocycles. The zero-order valence-corrected chi connectivity index (χ0v) is 15.1. The first-order valence-electron chi connectivity index (χ1n) is 8.72. The van der Waals surface area contributed by atoms with E-state index in [9.17, 15) is 9.90 Å². The maximum absolute atomic E-state index is 12.2. The van der Waals surface area contributed by atoms with Gasteiger partial charge in [0.15, 0.2) is 11.5 Å². The van der Waals surface area contributed by atoms with Crippen LogP contribution in [0.25, 0.3) is 0 Å². The Kier molecular flexibility index (Phi) is 6.51. The van der Waals surface area contributed by atoms with E-state index in [1.807, 2.05) is 24.3 Å². The summed E-state index contributed by atoms with van der Waals surface area (Å²) in [7, 11) is 1.61. The number of carbonyl (C=O) groups excluding carboxylic acids is 1. The summed E-state index contributed by atoms with van der Waals surface area (Å²) in [6.45, 7) is 1.55. The number of methoxy groups -OCH3 is 1. The topological polar surface area (TPSA) is 86.2 Å². The number of amides is 1. The van der Waals surface area contributed by atoms with Crippen LogP contribution in [0.5, 0.6) is 17.2 Å². The Labute approximate surface area is 157 Å². The number of carbonyl (C=O) groups is 1. The Morgan fingerprint density at radius 1 is 1.15 bits per heavy atom. The summed E-state index contributed by atoms with van der Waals surface area (Å²) in [6, 6.07) is 12.5. The summed E-state index contributed by atoms with van der Waals surface area (Å²) in [6.07, 6.45) is -0.801. The molecule has 7 nitrogen and oxygen atoms in total. The van der Waals surface area contributed by atoms with Gasteiger partial charge >= 0.3 is 0 Å². The van der Waals surface area contributed by atoms with Crippen LogP contribution in [0.3, 0.4) is 0 Å². The van der Waals surface area contributed by atoms with Crippen molar-refractivity contribution in [3.05, 3.63) is 53.6 Å². The van der Waals surface area contributed by atoms with Gasteiger partial charge in [0.1, 0.15) is 19.0 Å². The SMILES string of the molecule is COc1ccc(COC[C@H](O)CNC(=O)c2ccc3c(c2)OCCO3)cc1. The van der Waals surface area contributed by atoms with Gasteiger partial charge in [-0.2, -0.15) is 0 Å². The standard InChI is InChI=1S/C20H23NO6/c1-24-17-5-2-14(3-6-17)12-25-13-16(22)11-21-20(23)15-4-7-18-19(10-15)27-9-8-26-18/h2-7,10,16,22H,8-9,11-13H2,1H3,(H,21,23)/t16-/m1/s1. The number of nitrogens with one attached hydrogen (secondary N) is 1. The Morgan fingerprint density at radius 3 is 2.63 bits per heavy atom. The number of aliphatic hydroxyl groups excluding tert-OH is 1. The van der Waals surface area contributed by atoms with Crippen LogP contribution in [0.2, 0.25) is 0 Å². The quantitative estimate of drug-likeness (QED) is 0.734. The molecule has 1 atom stereocenters. The van der Waals surface area contributed by atoms with E-state index in [4.69, 9.17) is 18.9 Å². The minimum Gasteiger partial charge on any atom is -0.497 e. The molecule has 1 aliphatic rings. The number of benzene rings is 2. The third kappa shape index (κ3) is 5.35. The second-order valence-corrected chi connectivity index (χ2v) is 6.09. The molecule has 2 N–H and O–H groups in total. The van der Waals surface area contributed by atoms with E-state index < -0.39 is 6.10 Å². The predicted octanol–water partition coefficient (Wildman–Crippen LogP) is 1.77. The molecule has 1 aliphatic heterocycles. The van der Waals surface area contributed by atoms with Crippen LogP contribution in [0.15, 0.2) is 42.5 Å². The smallest absolute Gasteiger partial charge is 0.251 e. The largest absolute Gasteiger partial charge is 0.497 e. The van der Waals surface area contributed by atoms with Gasteiger partial charge in [-0.25, -0.2) is 0 Å². The summed E-state index contributed by atoms with van der Waals surface area (Å²) in [4.78, 5) is 12.2. The summed E-state index contributed by atoms with van der Waals surface area (Å²) < 4.78 is 21.5. The highest BCUT2D eigenvalue weighted by atomic mass is 16.6. The van der Waals surface area contributed by atoms with Crippen LogP contribution in [-0.4, -0.2) is 50.6 Å². The number of hydrogen-bond donors (Lipinski definition) is 2. The van der Waals surface area contributed by atoms with Crippen LogP contribution in [0.1, 0.15) is 15.9 Å². The van der Waals surface area contributed by atoms with E-state index in [1.165, 1.54) is 0 Å². The van der Waals surface area contributed by atoms with Crippen molar-refractivity contribution in [2.45, 2.75) is 12.7 Å². The highest BCUT2D eigenvalue weighted by molar-refractivity contribution is 5.94. The van der Waals surface area contributed by atoms with Crippen molar-refractivity contribution in [1.82, 2.24) is 5.32 Å². The van der Waals surface area contributed by atoms with Gasteiger partial charge in [-0.1, -0.05) is 12.1 Å². The lowest BCUT2D eigenvalue weighted by Gasteiger charge is -2.19. The number of ether oxygens (including phenoxy) is 4. The number of fused-ring (bicyclic) bond motifs is 1. The molecule has 27 heavy (non-hydrogen) atoms. The molecular weight excluding hydrogens is 350 g/mol. The number of aliphatic hydroxyl groups is 1. The van der Waals surface area contributed by atoms with Crippen molar-refractivity contribution in [3.63, 3.8) is 0 Å². The predicted molar refractivity (Wildman–Crippen MR) is 98.4 cm³/mol. The fraction of sp³-hybridized carbons (Fsp3) is 0.350. The lowest BCUT2D eigenvalue weighted by Crippen LogP contribution is -2.34. The molecule has 2 aromatic carbocycles. The molecule has 1 amide bonds. The molecule has 144 valence electrons. The summed E-state index contributed by atoms with van der Waals surface area (Å²) in [5.74, 6) is 1.67.